The Hall–Kier alpha value is -2.85. The summed E-state index contributed by atoms with van der Waals surface area (Å²) in [4.78, 5) is 16.8. The van der Waals surface area contributed by atoms with E-state index in [1.54, 1.807) is 32.4 Å². The van der Waals surface area contributed by atoms with Gasteiger partial charge in [0.05, 0.1) is 25.3 Å². The Morgan fingerprint density at radius 2 is 1.68 bits per heavy atom. The smallest absolute Gasteiger partial charge is 0.188 e. The van der Waals surface area contributed by atoms with E-state index in [9.17, 15) is 4.79 Å². The maximum Gasteiger partial charge on any atom is 0.188 e. The minimum absolute atomic E-state index is 0.182. The summed E-state index contributed by atoms with van der Waals surface area (Å²) in [7, 11) is 3.20. The van der Waals surface area contributed by atoms with E-state index >= 15 is 0 Å². The van der Waals surface area contributed by atoms with Gasteiger partial charge in [-0.2, -0.15) is 0 Å². The molecule has 0 unspecified atom stereocenters. The lowest BCUT2D eigenvalue weighted by Gasteiger charge is -2.05. The Labute approximate surface area is 150 Å². The Morgan fingerprint density at radius 3 is 2.36 bits per heavy atom. The Morgan fingerprint density at radius 1 is 1.00 bits per heavy atom. The van der Waals surface area contributed by atoms with E-state index in [1.807, 2.05) is 36.4 Å². The molecule has 3 rings (SSSR count). The topological polar surface area (TPSA) is 48.4 Å². The first-order chi connectivity index (χ1) is 12.1. The van der Waals surface area contributed by atoms with Crippen molar-refractivity contribution in [2.24, 2.45) is 0 Å². The fourth-order valence-electron chi connectivity index (χ4n) is 2.41. The predicted octanol–water partition coefficient (Wildman–Crippen LogP) is 4.80. The van der Waals surface area contributed by atoms with Crippen LogP contribution in [0.1, 0.15) is 15.9 Å². The Kier molecular flexibility index (Phi) is 5.00. The molecule has 1 heterocycles. The standard InChI is InChI=1S/C20H16ClNO3/c1-24-15-6-3-13(4-7-15)5-10-19(23)17-12-14-11-16(25-2)8-9-18(14)22-20(17)21/h3-12H,1-2H3/b10-5+. The largest absolute Gasteiger partial charge is 0.497 e. The number of rotatable bonds is 5. The maximum absolute atomic E-state index is 12.5. The average molecular weight is 354 g/mol. The summed E-state index contributed by atoms with van der Waals surface area (Å²) in [6.07, 6.45) is 3.21. The minimum Gasteiger partial charge on any atom is -0.497 e. The first-order valence-electron chi connectivity index (χ1n) is 7.61. The number of methoxy groups -OCH3 is 2. The molecule has 0 spiro atoms. The summed E-state index contributed by atoms with van der Waals surface area (Å²) in [5.41, 5.74) is 1.95. The highest BCUT2D eigenvalue weighted by atomic mass is 35.5. The highest BCUT2D eigenvalue weighted by molar-refractivity contribution is 6.34. The van der Waals surface area contributed by atoms with Crippen LogP contribution in [0.25, 0.3) is 17.0 Å². The molecule has 0 radical (unpaired) electrons. The second-order valence-electron chi connectivity index (χ2n) is 5.36. The van der Waals surface area contributed by atoms with Crippen LogP contribution in [0.3, 0.4) is 0 Å². The second-order valence-corrected chi connectivity index (χ2v) is 5.71. The molecular weight excluding hydrogens is 338 g/mol. The van der Waals surface area contributed by atoms with E-state index in [2.05, 4.69) is 4.98 Å². The van der Waals surface area contributed by atoms with Crippen molar-refractivity contribution < 1.29 is 14.3 Å². The third-order valence-electron chi connectivity index (χ3n) is 3.78. The molecule has 0 N–H and O–H groups in total. The molecule has 0 atom stereocenters. The quantitative estimate of drug-likeness (QED) is 0.375. The molecule has 0 aliphatic rings. The van der Waals surface area contributed by atoms with E-state index < -0.39 is 0 Å². The summed E-state index contributed by atoms with van der Waals surface area (Å²) >= 11 is 6.18. The van der Waals surface area contributed by atoms with Gasteiger partial charge in [0.15, 0.2) is 5.78 Å². The fraction of sp³-hybridized carbons (Fsp3) is 0.100. The molecule has 5 heteroatoms. The SMILES string of the molecule is COc1ccc(/C=C/C(=O)c2cc3cc(OC)ccc3nc2Cl)cc1. The monoisotopic (exact) mass is 353 g/mol. The Balaban J connectivity index is 1.89. The van der Waals surface area contributed by atoms with Crippen LogP contribution in [0, 0.1) is 0 Å². The predicted molar refractivity (Wildman–Crippen MR) is 99.7 cm³/mol. The number of pyridine rings is 1. The van der Waals surface area contributed by atoms with Crippen molar-refractivity contribution in [1.29, 1.82) is 0 Å². The highest BCUT2D eigenvalue weighted by Gasteiger charge is 2.11. The highest BCUT2D eigenvalue weighted by Crippen LogP contribution is 2.25. The molecular formula is C20H16ClNO3. The molecule has 1 aromatic heterocycles. The molecule has 25 heavy (non-hydrogen) atoms. The number of nitrogens with zero attached hydrogens (tertiary/aromatic N) is 1. The van der Waals surface area contributed by atoms with Crippen LogP contribution in [0.4, 0.5) is 0 Å². The van der Waals surface area contributed by atoms with Crippen LogP contribution in [-0.4, -0.2) is 25.0 Å². The summed E-state index contributed by atoms with van der Waals surface area (Å²) < 4.78 is 10.3. The van der Waals surface area contributed by atoms with Gasteiger partial charge < -0.3 is 9.47 Å². The number of aromatic nitrogens is 1. The summed E-state index contributed by atoms with van der Waals surface area (Å²) in [5, 5.41) is 0.979. The minimum atomic E-state index is -0.210. The van der Waals surface area contributed by atoms with E-state index in [4.69, 9.17) is 21.1 Å². The fourth-order valence-corrected chi connectivity index (χ4v) is 2.65. The summed E-state index contributed by atoms with van der Waals surface area (Å²) in [6, 6.07) is 14.6. The van der Waals surface area contributed by atoms with Crippen molar-refractivity contribution in [3.8, 4) is 11.5 Å². The van der Waals surface area contributed by atoms with Crippen LogP contribution >= 0.6 is 11.6 Å². The van der Waals surface area contributed by atoms with Crippen molar-refractivity contribution in [1.82, 2.24) is 4.98 Å². The van der Waals surface area contributed by atoms with Gasteiger partial charge in [-0.25, -0.2) is 4.98 Å². The van der Waals surface area contributed by atoms with Crippen molar-refractivity contribution in [2.45, 2.75) is 0 Å². The van der Waals surface area contributed by atoms with Crippen LogP contribution in [0.2, 0.25) is 5.15 Å². The third-order valence-corrected chi connectivity index (χ3v) is 4.07. The first kappa shape index (κ1) is 17.0. The summed E-state index contributed by atoms with van der Waals surface area (Å²) in [5.74, 6) is 1.25. The van der Waals surface area contributed by atoms with Gasteiger partial charge in [0.1, 0.15) is 16.7 Å². The molecule has 0 bridgehead atoms. The zero-order valence-corrected chi connectivity index (χ0v) is 14.6. The number of hydrogen-bond donors (Lipinski definition) is 0. The average Bonchev–Trinajstić information content (AvgIpc) is 2.65. The zero-order valence-electron chi connectivity index (χ0n) is 13.8. The molecule has 0 saturated carbocycles. The number of benzene rings is 2. The van der Waals surface area contributed by atoms with Gasteiger partial charge in [-0.3, -0.25) is 4.79 Å². The molecule has 0 saturated heterocycles. The first-order valence-corrected chi connectivity index (χ1v) is 7.99. The molecule has 0 amide bonds. The van der Waals surface area contributed by atoms with Gasteiger partial charge >= 0.3 is 0 Å². The van der Waals surface area contributed by atoms with Gasteiger partial charge in [-0.1, -0.05) is 29.8 Å². The van der Waals surface area contributed by atoms with Crippen LogP contribution in [-0.2, 0) is 0 Å². The van der Waals surface area contributed by atoms with Gasteiger partial charge in [-0.05, 0) is 48.0 Å². The molecule has 126 valence electrons. The molecule has 2 aromatic carbocycles. The molecule has 0 aliphatic heterocycles. The zero-order chi connectivity index (χ0) is 17.8. The van der Waals surface area contributed by atoms with E-state index in [0.717, 1.165) is 16.7 Å². The number of ketones is 1. The van der Waals surface area contributed by atoms with Gasteiger partial charge in [0.2, 0.25) is 0 Å². The van der Waals surface area contributed by atoms with E-state index in [0.29, 0.717) is 16.8 Å². The van der Waals surface area contributed by atoms with Crippen LogP contribution in [0.5, 0.6) is 11.5 Å². The molecule has 3 aromatic rings. The van der Waals surface area contributed by atoms with Crippen molar-refractivity contribution in [2.75, 3.05) is 14.2 Å². The molecule has 4 nitrogen and oxygen atoms in total. The normalized spacial score (nSPS) is 11.0. The van der Waals surface area contributed by atoms with Crippen LogP contribution in [0.15, 0.2) is 54.6 Å². The number of allylic oxidation sites excluding steroid dienone is 1. The number of carbonyl (C=O) groups is 1. The molecule has 0 aliphatic carbocycles. The summed E-state index contributed by atoms with van der Waals surface area (Å²) in [6.45, 7) is 0. The lowest BCUT2D eigenvalue weighted by molar-refractivity contribution is 0.104. The van der Waals surface area contributed by atoms with E-state index in [-0.39, 0.29) is 10.9 Å². The van der Waals surface area contributed by atoms with E-state index in [1.165, 1.54) is 6.08 Å². The number of ether oxygens (including phenoxy) is 2. The van der Waals surface area contributed by atoms with Crippen molar-refractivity contribution in [3.05, 3.63) is 70.9 Å². The Bertz CT molecular complexity index is 949. The lowest BCUT2D eigenvalue weighted by atomic mass is 10.1. The lowest BCUT2D eigenvalue weighted by Crippen LogP contribution is -1.98. The van der Waals surface area contributed by atoms with Gasteiger partial charge in [0, 0.05) is 5.39 Å². The number of fused-ring (bicyclic) bond motifs is 1. The van der Waals surface area contributed by atoms with Crippen LogP contribution < -0.4 is 9.47 Å². The number of carbonyl (C=O) groups excluding carboxylic acids is 1. The third kappa shape index (κ3) is 3.80. The molecule has 0 fully saturated rings. The van der Waals surface area contributed by atoms with Crippen molar-refractivity contribution in [3.63, 3.8) is 0 Å². The number of hydrogen-bond acceptors (Lipinski definition) is 4. The van der Waals surface area contributed by atoms with Crippen molar-refractivity contribution >= 4 is 34.4 Å². The maximum atomic E-state index is 12.5. The van der Waals surface area contributed by atoms with Gasteiger partial charge in [0.25, 0.3) is 0 Å². The second kappa shape index (κ2) is 7.36. The van der Waals surface area contributed by atoms with Gasteiger partial charge in [-0.15, -0.1) is 0 Å². The number of halogens is 1.